The van der Waals surface area contributed by atoms with Crippen LogP contribution in [0.4, 0.5) is 4.39 Å². The van der Waals surface area contributed by atoms with Gasteiger partial charge in [0.15, 0.2) is 11.3 Å². The highest BCUT2D eigenvalue weighted by Gasteiger charge is 2.17. The molecule has 192 valence electrons. The van der Waals surface area contributed by atoms with Crippen LogP contribution in [0.25, 0.3) is 64.6 Å². The summed E-state index contributed by atoms with van der Waals surface area (Å²) in [5, 5.41) is 8.08. The van der Waals surface area contributed by atoms with Crippen molar-refractivity contribution < 1.29 is 9.18 Å². The van der Waals surface area contributed by atoms with E-state index in [1.807, 2.05) is 48.5 Å². The first-order valence-electron chi connectivity index (χ1n) is 12.4. The molecule has 8 rings (SSSR count). The summed E-state index contributed by atoms with van der Waals surface area (Å²) in [6, 6.07) is 16.9. The third kappa shape index (κ3) is 3.45. The lowest BCUT2D eigenvalue weighted by molar-refractivity contribution is 0.0924. The van der Waals surface area contributed by atoms with Crippen molar-refractivity contribution in [3.05, 3.63) is 90.8 Å². The fourth-order valence-electron chi connectivity index (χ4n) is 5.07. The third-order valence-corrected chi connectivity index (χ3v) is 8.01. The summed E-state index contributed by atoms with van der Waals surface area (Å²) < 4.78 is 18.7. The number of hydrogen-bond acceptors (Lipinski definition) is 7. The summed E-state index contributed by atoms with van der Waals surface area (Å²) in [5.41, 5.74) is 4.40. The van der Waals surface area contributed by atoms with E-state index >= 15 is 4.39 Å². The maximum atomic E-state index is 16.2. The molecule has 7 aromatic heterocycles. The van der Waals surface area contributed by atoms with Gasteiger partial charge in [-0.15, -0.1) is 11.3 Å². The summed E-state index contributed by atoms with van der Waals surface area (Å²) in [6.07, 6.45) is 6.48. The Kier molecular flexibility index (Phi) is 4.88. The number of thiophene rings is 1. The first-order chi connectivity index (χ1) is 19.6. The molecule has 0 saturated carbocycles. The van der Waals surface area contributed by atoms with E-state index in [9.17, 15) is 4.79 Å². The monoisotopic (exact) mass is 544 g/mol. The Balaban J connectivity index is 1.57. The maximum Gasteiger partial charge on any atom is 0.236 e. The number of imidazole rings is 1. The molecule has 0 aliphatic heterocycles. The Bertz CT molecular complexity index is 2350. The summed E-state index contributed by atoms with van der Waals surface area (Å²) in [7, 11) is 0. The van der Waals surface area contributed by atoms with Crippen LogP contribution in [-0.2, 0) is 6.42 Å². The van der Waals surface area contributed by atoms with Crippen molar-refractivity contribution in [2.45, 2.75) is 6.42 Å². The van der Waals surface area contributed by atoms with Crippen LogP contribution in [0.15, 0.2) is 79.4 Å². The molecule has 0 radical (unpaired) electrons. The van der Waals surface area contributed by atoms with Crippen LogP contribution in [0.2, 0.25) is 0 Å². The Morgan fingerprint density at radius 1 is 0.950 bits per heavy atom. The van der Waals surface area contributed by atoms with E-state index in [0.717, 1.165) is 15.8 Å². The minimum absolute atomic E-state index is 0.151. The predicted molar refractivity (Wildman–Crippen MR) is 153 cm³/mol. The molecule has 0 unspecified atom stereocenters. The predicted octanol–water partition coefficient (Wildman–Crippen LogP) is 6.25. The zero-order chi connectivity index (χ0) is 26.8. The molecule has 0 saturated heterocycles. The second-order valence-corrected chi connectivity index (χ2v) is 10.4. The fraction of sp³-hybridized carbons (Fsp3) is 0.0345. The van der Waals surface area contributed by atoms with Gasteiger partial charge in [-0.2, -0.15) is 5.10 Å². The van der Waals surface area contributed by atoms with Crippen molar-refractivity contribution in [1.82, 2.24) is 39.7 Å². The molecule has 8 aromatic rings. The van der Waals surface area contributed by atoms with Gasteiger partial charge in [0.25, 0.3) is 0 Å². The van der Waals surface area contributed by atoms with E-state index < -0.39 is 5.82 Å². The molecule has 7 heterocycles. The highest BCUT2D eigenvalue weighted by atomic mass is 32.1. The van der Waals surface area contributed by atoms with Gasteiger partial charge >= 0.3 is 0 Å². The lowest BCUT2D eigenvalue weighted by Crippen LogP contribution is -2.14. The van der Waals surface area contributed by atoms with Gasteiger partial charge in [-0.25, -0.2) is 14.4 Å². The number of carbonyl (C=O) groups is 1. The maximum absolute atomic E-state index is 16.2. The van der Waals surface area contributed by atoms with Crippen LogP contribution in [-0.4, -0.2) is 45.6 Å². The topological polar surface area (TPSA) is 118 Å². The Labute approximate surface area is 227 Å². The molecule has 9 nitrogen and oxygen atoms in total. The number of H-pyrrole nitrogens is 2. The van der Waals surface area contributed by atoms with Crippen LogP contribution in [0.5, 0.6) is 0 Å². The van der Waals surface area contributed by atoms with E-state index in [2.05, 4.69) is 30.1 Å². The van der Waals surface area contributed by atoms with Crippen LogP contribution in [0.3, 0.4) is 0 Å². The minimum Gasteiger partial charge on any atom is -0.336 e. The minimum atomic E-state index is -0.513. The standard InChI is InChI=1S/C29H17FN8OS/c30-24-18-14-33-28-23(24)27(36-37-28)29-34-19-8-9-32-26(25(19)35-29)20-6-7-22(40-20)38(17-11-16(18)12-31-13-17)21(39)10-15-4-2-1-3-5-15/h1-9,11-14H,10H2,(H,34,35)(H,33,36,37). The van der Waals surface area contributed by atoms with Crippen LogP contribution < -0.4 is 0 Å². The highest BCUT2D eigenvalue weighted by molar-refractivity contribution is 7.24. The quantitative estimate of drug-likeness (QED) is 0.266. The van der Waals surface area contributed by atoms with E-state index in [-0.39, 0.29) is 23.1 Å². The molecule has 0 aliphatic rings. The number of fused-ring (bicyclic) bond motifs is 9. The molecule has 0 atom stereocenters. The summed E-state index contributed by atoms with van der Waals surface area (Å²) >= 11 is 1.42. The van der Waals surface area contributed by atoms with Crippen molar-refractivity contribution >= 4 is 81.8 Å². The Morgan fingerprint density at radius 3 is 2.75 bits per heavy atom. The molecule has 0 spiro atoms. The van der Waals surface area contributed by atoms with Gasteiger partial charge in [-0.05, 0) is 29.8 Å². The van der Waals surface area contributed by atoms with Gasteiger partial charge < -0.3 is 4.98 Å². The lowest BCUT2D eigenvalue weighted by atomic mass is 10.1. The zero-order valence-corrected chi connectivity index (χ0v) is 21.4. The van der Waals surface area contributed by atoms with E-state index in [1.54, 1.807) is 29.2 Å². The van der Waals surface area contributed by atoms with Crippen LogP contribution in [0, 0.1) is 5.82 Å². The number of carbonyl (C=O) groups excluding carboxylic acids is 1. The van der Waals surface area contributed by atoms with E-state index in [0.29, 0.717) is 43.6 Å². The molecular weight excluding hydrogens is 527 g/mol. The van der Waals surface area contributed by atoms with Crippen LogP contribution in [0.1, 0.15) is 10.4 Å². The van der Waals surface area contributed by atoms with Gasteiger partial charge in [0.1, 0.15) is 27.2 Å². The molecule has 1 aromatic carbocycles. The average molecular weight is 545 g/mol. The molecule has 40 heavy (non-hydrogen) atoms. The number of aromatic nitrogens is 8. The number of aromatic amines is 2. The van der Waals surface area contributed by atoms with E-state index in [1.165, 1.54) is 17.5 Å². The number of rotatable bonds is 2. The lowest BCUT2D eigenvalue weighted by Gasteiger charge is -2.08. The summed E-state index contributed by atoms with van der Waals surface area (Å²) in [5.74, 6) is -0.663. The molecule has 11 heteroatoms. The molecule has 2 N–H and O–H groups in total. The second kappa shape index (κ2) is 8.61. The molecule has 8 bridgehead atoms. The first-order valence-corrected chi connectivity index (χ1v) is 13.3. The Morgan fingerprint density at radius 2 is 1.85 bits per heavy atom. The molecule has 0 fully saturated rings. The van der Waals surface area contributed by atoms with E-state index in [4.69, 9.17) is 4.98 Å². The fourth-order valence-corrected chi connectivity index (χ4v) is 6.11. The van der Waals surface area contributed by atoms with Gasteiger partial charge in [0, 0.05) is 29.4 Å². The average Bonchev–Trinajstić information content (AvgIpc) is 3.72. The van der Waals surface area contributed by atoms with Gasteiger partial charge in [-0.3, -0.25) is 24.4 Å². The summed E-state index contributed by atoms with van der Waals surface area (Å²) in [4.78, 5) is 36.0. The number of halogens is 1. The zero-order valence-electron chi connectivity index (χ0n) is 20.6. The van der Waals surface area contributed by atoms with Crippen LogP contribution >= 0.6 is 11.3 Å². The largest absolute Gasteiger partial charge is 0.336 e. The first kappa shape index (κ1) is 22.7. The number of nitrogens with one attached hydrogen (secondary N) is 2. The normalized spacial score (nSPS) is 11.8. The number of benzene rings is 1. The third-order valence-electron chi connectivity index (χ3n) is 6.94. The van der Waals surface area contributed by atoms with Crippen molar-refractivity contribution in [2.75, 3.05) is 0 Å². The van der Waals surface area contributed by atoms with Crippen molar-refractivity contribution in [3.8, 4) is 0 Å². The van der Waals surface area contributed by atoms with Crippen molar-refractivity contribution in [3.63, 3.8) is 0 Å². The Hall–Kier alpha value is -5.29. The van der Waals surface area contributed by atoms with Gasteiger partial charge in [-0.1, -0.05) is 30.3 Å². The second-order valence-electron chi connectivity index (χ2n) is 9.38. The number of pyridine rings is 3. The molecule has 0 aliphatic carbocycles. The molecule has 0 amide bonds. The SMILES string of the molecule is O=C(Cc1ccccc1)n1c2cncc(c2)c2cnc3[nH]nc(c4nc5c(ccnc5c5ccc1s5)[nH]4)c3c2F. The van der Waals surface area contributed by atoms with Crippen molar-refractivity contribution in [1.29, 1.82) is 0 Å². The smallest absolute Gasteiger partial charge is 0.236 e. The van der Waals surface area contributed by atoms with Gasteiger partial charge in [0.05, 0.1) is 33.7 Å². The highest BCUT2D eigenvalue weighted by Crippen LogP contribution is 2.31. The molecular formula is C29H17FN8OS. The van der Waals surface area contributed by atoms with Crippen molar-refractivity contribution in [2.24, 2.45) is 0 Å². The summed E-state index contributed by atoms with van der Waals surface area (Å²) in [6.45, 7) is 0. The van der Waals surface area contributed by atoms with Gasteiger partial charge in [0.2, 0.25) is 5.91 Å². The number of hydrogen-bond donors (Lipinski definition) is 2. The number of nitrogens with zero attached hydrogens (tertiary/aromatic N) is 6.